The lowest BCUT2D eigenvalue weighted by Gasteiger charge is -2.32. The van der Waals surface area contributed by atoms with Gasteiger partial charge in [0.25, 0.3) is 0 Å². The highest BCUT2D eigenvalue weighted by atomic mass is 32.2. The third-order valence-corrected chi connectivity index (χ3v) is 6.22. The average Bonchev–Trinajstić information content (AvgIpc) is 3.04. The zero-order chi connectivity index (χ0) is 17.8. The third kappa shape index (κ3) is 5.03. The molecule has 1 unspecified atom stereocenters. The van der Waals surface area contributed by atoms with Gasteiger partial charge in [-0.05, 0) is 50.3 Å². The number of aromatic nitrogens is 2. The first-order chi connectivity index (χ1) is 12.0. The van der Waals surface area contributed by atoms with Gasteiger partial charge in [-0.1, -0.05) is 11.8 Å². The van der Waals surface area contributed by atoms with Crippen molar-refractivity contribution in [3.8, 4) is 0 Å². The highest BCUT2D eigenvalue weighted by Gasteiger charge is 2.21. The van der Waals surface area contributed by atoms with Gasteiger partial charge < -0.3 is 5.32 Å². The van der Waals surface area contributed by atoms with Crippen LogP contribution in [0.1, 0.15) is 28.8 Å². The summed E-state index contributed by atoms with van der Waals surface area (Å²) >= 11 is 3.24. The summed E-state index contributed by atoms with van der Waals surface area (Å²) in [7, 11) is 0. The van der Waals surface area contributed by atoms with E-state index in [1.165, 1.54) is 22.2 Å². The molecule has 0 aromatic carbocycles. The van der Waals surface area contributed by atoms with Gasteiger partial charge in [0.05, 0.1) is 5.75 Å². The van der Waals surface area contributed by atoms with E-state index in [1.807, 2.05) is 31.3 Å². The second-order valence-corrected chi connectivity index (χ2v) is 8.41. The maximum atomic E-state index is 12.1. The van der Waals surface area contributed by atoms with Gasteiger partial charge in [-0.25, -0.2) is 9.97 Å². The normalized spacial score (nSPS) is 15.6. The van der Waals surface area contributed by atoms with Crippen molar-refractivity contribution in [1.29, 1.82) is 0 Å². The number of nitrogens with zero attached hydrogens (tertiary/aromatic N) is 3. The van der Waals surface area contributed by atoms with Crippen molar-refractivity contribution in [2.24, 2.45) is 0 Å². The topological polar surface area (TPSA) is 58.1 Å². The third-order valence-electron chi connectivity index (χ3n) is 4.35. The van der Waals surface area contributed by atoms with Crippen LogP contribution in [0.15, 0.2) is 22.7 Å². The van der Waals surface area contributed by atoms with E-state index < -0.39 is 0 Å². The summed E-state index contributed by atoms with van der Waals surface area (Å²) in [5.41, 5.74) is 3.31. The minimum Gasteiger partial charge on any atom is -0.354 e. The predicted molar refractivity (Wildman–Crippen MR) is 103 cm³/mol. The monoisotopic (exact) mass is 376 g/mol. The smallest absolute Gasteiger partial charge is 0.230 e. The molecule has 7 heteroatoms. The van der Waals surface area contributed by atoms with Gasteiger partial charge in [0.1, 0.15) is 0 Å². The van der Waals surface area contributed by atoms with E-state index >= 15 is 0 Å². The molecule has 1 aliphatic rings. The van der Waals surface area contributed by atoms with E-state index in [-0.39, 0.29) is 5.91 Å². The predicted octanol–water partition coefficient (Wildman–Crippen LogP) is 2.81. The lowest BCUT2D eigenvalue weighted by Crippen LogP contribution is -2.44. The quantitative estimate of drug-likeness (QED) is 0.621. The Morgan fingerprint density at radius 1 is 1.40 bits per heavy atom. The van der Waals surface area contributed by atoms with E-state index in [0.717, 1.165) is 30.9 Å². The number of fused-ring (bicyclic) bond motifs is 1. The summed E-state index contributed by atoms with van der Waals surface area (Å²) in [4.78, 5) is 24.8. The number of carbonyl (C=O) groups is 1. The molecule has 0 saturated carbocycles. The van der Waals surface area contributed by atoms with Crippen LogP contribution < -0.4 is 5.32 Å². The van der Waals surface area contributed by atoms with Crippen LogP contribution in [0.4, 0.5) is 0 Å². The Morgan fingerprint density at radius 3 is 2.92 bits per heavy atom. The minimum atomic E-state index is 0.0350. The number of aryl methyl sites for hydroxylation is 2. The van der Waals surface area contributed by atoms with Gasteiger partial charge in [-0.3, -0.25) is 9.69 Å². The summed E-state index contributed by atoms with van der Waals surface area (Å²) in [5, 5.41) is 5.88. The Morgan fingerprint density at radius 2 is 2.16 bits per heavy atom. The summed E-state index contributed by atoms with van der Waals surface area (Å²) in [6, 6.07) is 4.49. The molecule has 0 fully saturated rings. The molecule has 3 rings (SSSR count). The van der Waals surface area contributed by atoms with Crippen molar-refractivity contribution >= 4 is 29.0 Å². The van der Waals surface area contributed by atoms with Crippen LogP contribution in [0.25, 0.3) is 0 Å². The number of hydrogen-bond acceptors (Lipinski definition) is 6. The molecule has 1 amide bonds. The highest BCUT2D eigenvalue weighted by Crippen LogP contribution is 2.25. The molecule has 0 aliphatic carbocycles. The van der Waals surface area contributed by atoms with Gasteiger partial charge in [-0.15, -0.1) is 11.3 Å². The van der Waals surface area contributed by atoms with Gasteiger partial charge in [-0.2, -0.15) is 0 Å². The Bertz CT molecular complexity index is 726. The number of amides is 1. The van der Waals surface area contributed by atoms with Crippen molar-refractivity contribution < 1.29 is 4.79 Å². The molecule has 3 heterocycles. The maximum Gasteiger partial charge on any atom is 0.230 e. The first-order valence-electron chi connectivity index (χ1n) is 8.52. The lowest BCUT2D eigenvalue weighted by atomic mass is 10.1. The highest BCUT2D eigenvalue weighted by molar-refractivity contribution is 7.99. The van der Waals surface area contributed by atoms with Crippen molar-refractivity contribution in [2.45, 2.75) is 44.9 Å². The SMILES string of the molecule is Cc1cc(C)nc(SCC(=O)NCC(C)N2CCc3sccc3C2)n1. The van der Waals surface area contributed by atoms with Crippen LogP contribution in [0.2, 0.25) is 0 Å². The van der Waals surface area contributed by atoms with Gasteiger partial charge in [0, 0.05) is 41.9 Å². The summed E-state index contributed by atoms with van der Waals surface area (Å²) in [5.74, 6) is 0.387. The molecule has 1 aliphatic heterocycles. The van der Waals surface area contributed by atoms with Gasteiger partial charge in [0.15, 0.2) is 5.16 Å². The summed E-state index contributed by atoms with van der Waals surface area (Å²) in [6.45, 7) is 8.79. The largest absolute Gasteiger partial charge is 0.354 e. The maximum absolute atomic E-state index is 12.1. The fourth-order valence-electron chi connectivity index (χ4n) is 2.98. The Hall–Kier alpha value is -1.44. The lowest BCUT2D eigenvalue weighted by molar-refractivity contribution is -0.118. The average molecular weight is 377 g/mol. The number of hydrogen-bond donors (Lipinski definition) is 1. The van der Waals surface area contributed by atoms with Crippen molar-refractivity contribution in [3.63, 3.8) is 0 Å². The molecule has 1 N–H and O–H groups in total. The second-order valence-electron chi connectivity index (χ2n) is 6.46. The molecule has 0 radical (unpaired) electrons. The minimum absolute atomic E-state index is 0.0350. The van der Waals surface area contributed by atoms with Gasteiger partial charge in [0.2, 0.25) is 5.91 Å². The molecular weight excluding hydrogens is 352 g/mol. The van der Waals surface area contributed by atoms with E-state index in [9.17, 15) is 4.79 Å². The molecule has 134 valence electrons. The molecule has 2 aromatic heterocycles. The van der Waals surface area contributed by atoms with E-state index in [2.05, 4.69) is 38.6 Å². The summed E-state index contributed by atoms with van der Waals surface area (Å²) in [6.07, 6.45) is 1.12. The number of nitrogens with one attached hydrogen (secondary N) is 1. The fraction of sp³-hybridized carbons (Fsp3) is 0.500. The standard InChI is InChI=1S/C18H24N4OS2/c1-12-8-13(2)21-18(20-12)25-11-17(23)19-9-14(3)22-6-4-16-15(10-22)5-7-24-16/h5,7-8,14H,4,6,9-11H2,1-3H3,(H,19,23). The van der Waals surface area contributed by atoms with Crippen LogP contribution in [0.3, 0.4) is 0 Å². The van der Waals surface area contributed by atoms with Gasteiger partial charge >= 0.3 is 0 Å². The molecule has 25 heavy (non-hydrogen) atoms. The Balaban J connectivity index is 1.43. The van der Waals surface area contributed by atoms with Crippen LogP contribution in [0, 0.1) is 13.8 Å². The van der Waals surface area contributed by atoms with Crippen LogP contribution >= 0.6 is 23.1 Å². The first kappa shape index (κ1) is 18.4. The fourth-order valence-corrected chi connectivity index (χ4v) is 4.65. The van der Waals surface area contributed by atoms with E-state index in [1.54, 1.807) is 0 Å². The van der Waals surface area contributed by atoms with E-state index in [0.29, 0.717) is 23.5 Å². The second kappa shape index (κ2) is 8.29. The molecule has 0 saturated heterocycles. The number of carbonyl (C=O) groups excluding carboxylic acids is 1. The van der Waals surface area contributed by atoms with Crippen molar-refractivity contribution in [3.05, 3.63) is 39.3 Å². The van der Waals surface area contributed by atoms with E-state index in [4.69, 9.17) is 0 Å². The number of thiophene rings is 1. The Labute approximate surface area is 157 Å². The first-order valence-corrected chi connectivity index (χ1v) is 10.4. The van der Waals surface area contributed by atoms with Crippen LogP contribution in [-0.2, 0) is 17.8 Å². The number of rotatable bonds is 6. The number of thioether (sulfide) groups is 1. The molecule has 1 atom stereocenters. The van der Waals surface area contributed by atoms with Crippen molar-refractivity contribution in [1.82, 2.24) is 20.2 Å². The molecule has 0 bridgehead atoms. The molecule has 0 spiro atoms. The Kier molecular flexibility index (Phi) is 6.09. The molecule has 2 aromatic rings. The van der Waals surface area contributed by atoms with Crippen molar-refractivity contribution in [2.75, 3.05) is 18.8 Å². The zero-order valence-corrected chi connectivity index (χ0v) is 16.5. The molecular formula is C18H24N4OS2. The molecule has 5 nitrogen and oxygen atoms in total. The summed E-state index contributed by atoms with van der Waals surface area (Å²) < 4.78 is 0. The zero-order valence-electron chi connectivity index (χ0n) is 14.9. The van der Waals surface area contributed by atoms with Crippen LogP contribution in [0.5, 0.6) is 0 Å². The van der Waals surface area contributed by atoms with Crippen LogP contribution in [-0.4, -0.2) is 45.7 Å².